The zero-order valence-corrected chi connectivity index (χ0v) is 17.6. The topological polar surface area (TPSA) is 40.6 Å². The summed E-state index contributed by atoms with van der Waals surface area (Å²) in [6, 6.07) is 13.4. The molecule has 0 N–H and O–H groups in total. The summed E-state index contributed by atoms with van der Waals surface area (Å²) in [5.41, 5.74) is 4.84. The number of imide groups is 1. The van der Waals surface area contributed by atoms with E-state index in [0.717, 1.165) is 54.6 Å². The minimum absolute atomic E-state index is 0.184. The predicted molar refractivity (Wildman–Crippen MR) is 115 cm³/mol. The summed E-state index contributed by atoms with van der Waals surface area (Å²) >= 11 is 6.31. The van der Waals surface area contributed by atoms with E-state index in [1.807, 2.05) is 44.2 Å². The summed E-state index contributed by atoms with van der Waals surface area (Å²) in [4.78, 5) is 30.4. The highest BCUT2D eigenvalue weighted by molar-refractivity contribution is 6.36. The molecule has 150 valence electrons. The number of carbonyl (C=O) groups excluding carboxylic acids is 2. The first-order valence-electron chi connectivity index (χ1n) is 10.1. The molecule has 2 heterocycles. The molecule has 0 saturated carbocycles. The molecule has 0 radical (unpaired) electrons. The first-order valence-corrected chi connectivity index (χ1v) is 10.5. The van der Waals surface area contributed by atoms with Crippen LogP contribution >= 0.6 is 11.6 Å². The SMILES string of the molecule is Cc1ccc(C2=C(N3CCCCC3)C(=O)N(Cc3ccccc3Cl)C2=O)c(C)c1. The van der Waals surface area contributed by atoms with Gasteiger partial charge in [-0.2, -0.15) is 0 Å². The number of halogens is 1. The van der Waals surface area contributed by atoms with Crippen molar-refractivity contribution in [2.75, 3.05) is 13.1 Å². The lowest BCUT2D eigenvalue weighted by molar-refractivity contribution is -0.138. The maximum absolute atomic E-state index is 13.5. The van der Waals surface area contributed by atoms with Gasteiger partial charge in [-0.3, -0.25) is 14.5 Å². The molecule has 0 spiro atoms. The average Bonchev–Trinajstić information content (AvgIpc) is 2.95. The Morgan fingerprint density at radius 1 is 0.931 bits per heavy atom. The highest BCUT2D eigenvalue weighted by Crippen LogP contribution is 2.36. The molecule has 0 aromatic heterocycles. The summed E-state index contributed by atoms with van der Waals surface area (Å²) in [5, 5.41) is 0.563. The first kappa shape index (κ1) is 19.7. The Morgan fingerprint density at radius 3 is 2.34 bits per heavy atom. The van der Waals surface area contributed by atoms with Crippen LogP contribution in [0.25, 0.3) is 5.57 Å². The van der Waals surface area contributed by atoms with Gasteiger partial charge in [0.15, 0.2) is 0 Å². The second-order valence-corrected chi connectivity index (χ2v) is 8.28. The van der Waals surface area contributed by atoms with E-state index >= 15 is 0 Å². The van der Waals surface area contributed by atoms with Crippen molar-refractivity contribution in [2.45, 2.75) is 39.7 Å². The lowest BCUT2D eigenvalue weighted by Gasteiger charge is -2.29. The lowest BCUT2D eigenvalue weighted by atomic mass is 9.97. The normalized spacial score (nSPS) is 17.5. The number of benzene rings is 2. The first-order chi connectivity index (χ1) is 14.0. The van der Waals surface area contributed by atoms with Gasteiger partial charge >= 0.3 is 0 Å². The van der Waals surface area contributed by atoms with E-state index in [1.165, 1.54) is 4.90 Å². The Morgan fingerprint density at radius 2 is 1.66 bits per heavy atom. The maximum atomic E-state index is 13.5. The molecule has 29 heavy (non-hydrogen) atoms. The van der Waals surface area contributed by atoms with E-state index in [9.17, 15) is 9.59 Å². The van der Waals surface area contributed by atoms with Crippen LogP contribution in [-0.4, -0.2) is 34.7 Å². The fourth-order valence-corrected chi connectivity index (χ4v) is 4.45. The van der Waals surface area contributed by atoms with Crippen LogP contribution < -0.4 is 0 Å². The van der Waals surface area contributed by atoms with Crippen LogP contribution in [-0.2, 0) is 16.1 Å². The van der Waals surface area contributed by atoms with Crippen LogP contribution in [0.15, 0.2) is 48.2 Å². The number of hydrogen-bond donors (Lipinski definition) is 0. The van der Waals surface area contributed by atoms with Crippen molar-refractivity contribution in [3.05, 3.63) is 75.4 Å². The Labute approximate surface area is 176 Å². The monoisotopic (exact) mass is 408 g/mol. The van der Waals surface area contributed by atoms with Gasteiger partial charge in [0.25, 0.3) is 11.8 Å². The second kappa shape index (κ2) is 8.03. The predicted octanol–water partition coefficient (Wildman–Crippen LogP) is 4.72. The molecule has 2 aliphatic rings. The van der Waals surface area contributed by atoms with Crippen molar-refractivity contribution in [2.24, 2.45) is 0 Å². The average molecular weight is 409 g/mol. The van der Waals surface area contributed by atoms with Gasteiger partial charge in [-0.1, -0.05) is 53.6 Å². The van der Waals surface area contributed by atoms with E-state index in [-0.39, 0.29) is 18.4 Å². The fourth-order valence-electron chi connectivity index (χ4n) is 4.25. The molecule has 4 rings (SSSR count). The van der Waals surface area contributed by atoms with Crippen molar-refractivity contribution >= 4 is 29.0 Å². The fraction of sp³-hybridized carbons (Fsp3) is 0.333. The van der Waals surface area contributed by atoms with Crippen LogP contribution in [0.4, 0.5) is 0 Å². The molecule has 0 atom stereocenters. The van der Waals surface area contributed by atoms with Crippen molar-refractivity contribution in [3.63, 3.8) is 0 Å². The number of carbonyl (C=O) groups is 2. The van der Waals surface area contributed by atoms with Crippen molar-refractivity contribution in [1.82, 2.24) is 9.80 Å². The number of rotatable bonds is 4. The van der Waals surface area contributed by atoms with Crippen LogP contribution in [0, 0.1) is 13.8 Å². The zero-order valence-electron chi connectivity index (χ0n) is 16.9. The Hall–Kier alpha value is -2.59. The van der Waals surface area contributed by atoms with Gasteiger partial charge in [-0.05, 0) is 55.9 Å². The number of likely N-dealkylation sites (tertiary alicyclic amines) is 1. The number of piperidine rings is 1. The Kier molecular flexibility index (Phi) is 5.46. The molecule has 2 aliphatic heterocycles. The molecular formula is C24H25ClN2O2. The van der Waals surface area contributed by atoms with Gasteiger partial charge in [-0.15, -0.1) is 0 Å². The van der Waals surface area contributed by atoms with Gasteiger partial charge in [0, 0.05) is 18.1 Å². The standard InChI is InChI=1S/C24H25ClN2O2/c1-16-10-11-19(17(2)14-16)21-22(26-12-6-3-7-13-26)24(29)27(23(21)28)15-18-8-4-5-9-20(18)25/h4-5,8-11,14H,3,6-7,12-13,15H2,1-2H3. The van der Waals surface area contributed by atoms with Gasteiger partial charge in [0.2, 0.25) is 0 Å². The number of aryl methyl sites for hydroxylation is 2. The Balaban J connectivity index is 1.78. The largest absolute Gasteiger partial charge is 0.366 e. The van der Waals surface area contributed by atoms with Gasteiger partial charge in [-0.25, -0.2) is 0 Å². The number of amides is 2. The molecule has 0 aliphatic carbocycles. The number of hydrogen-bond acceptors (Lipinski definition) is 3. The zero-order chi connectivity index (χ0) is 20.5. The minimum Gasteiger partial charge on any atom is -0.366 e. The van der Waals surface area contributed by atoms with Gasteiger partial charge < -0.3 is 4.90 Å². The van der Waals surface area contributed by atoms with E-state index in [4.69, 9.17) is 11.6 Å². The molecular weight excluding hydrogens is 384 g/mol. The van der Waals surface area contributed by atoms with E-state index < -0.39 is 0 Å². The second-order valence-electron chi connectivity index (χ2n) is 7.88. The van der Waals surface area contributed by atoms with Crippen LogP contribution in [0.2, 0.25) is 5.02 Å². The third-order valence-corrected chi connectivity index (χ3v) is 6.12. The van der Waals surface area contributed by atoms with Crippen molar-refractivity contribution in [1.29, 1.82) is 0 Å². The minimum atomic E-state index is -0.234. The smallest absolute Gasteiger partial charge is 0.278 e. The quantitative estimate of drug-likeness (QED) is 0.687. The third-order valence-electron chi connectivity index (χ3n) is 5.75. The van der Waals surface area contributed by atoms with E-state index in [0.29, 0.717) is 16.3 Å². The summed E-state index contributed by atoms with van der Waals surface area (Å²) in [5.74, 6) is -0.450. The summed E-state index contributed by atoms with van der Waals surface area (Å²) in [7, 11) is 0. The summed E-state index contributed by atoms with van der Waals surface area (Å²) in [6.07, 6.45) is 3.24. The molecule has 4 nitrogen and oxygen atoms in total. The van der Waals surface area contributed by atoms with Crippen molar-refractivity contribution in [3.8, 4) is 0 Å². The Bertz CT molecular complexity index is 1010. The molecule has 2 amide bonds. The summed E-state index contributed by atoms with van der Waals surface area (Å²) < 4.78 is 0. The molecule has 0 bridgehead atoms. The molecule has 2 aromatic carbocycles. The highest BCUT2D eigenvalue weighted by atomic mass is 35.5. The molecule has 5 heteroatoms. The molecule has 0 unspecified atom stereocenters. The highest BCUT2D eigenvalue weighted by Gasteiger charge is 2.42. The van der Waals surface area contributed by atoms with Crippen LogP contribution in [0.1, 0.15) is 41.5 Å². The van der Waals surface area contributed by atoms with Crippen molar-refractivity contribution < 1.29 is 9.59 Å². The van der Waals surface area contributed by atoms with Crippen LogP contribution in [0.3, 0.4) is 0 Å². The van der Waals surface area contributed by atoms with Gasteiger partial charge in [0.05, 0.1) is 12.1 Å². The third kappa shape index (κ3) is 3.69. The molecule has 1 fully saturated rings. The maximum Gasteiger partial charge on any atom is 0.278 e. The molecule has 2 aromatic rings. The van der Waals surface area contributed by atoms with E-state index in [2.05, 4.69) is 11.0 Å². The van der Waals surface area contributed by atoms with E-state index in [1.54, 1.807) is 6.07 Å². The van der Waals surface area contributed by atoms with Crippen LogP contribution in [0.5, 0.6) is 0 Å². The number of nitrogens with zero attached hydrogens (tertiary/aromatic N) is 2. The lowest BCUT2D eigenvalue weighted by Crippen LogP contribution is -2.36. The van der Waals surface area contributed by atoms with Gasteiger partial charge in [0.1, 0.15) is 5.70 Å². The molecule has 1 saturated heterocycles. The summed E-state index contributed by atoms with van der Waals surface area (Å²) in [6.45, 7) is 5.83.